The van der Waals surface area contributed by atoms with E-state index in [2.05, 4.69) is 26.1 Å². The molecule has 0 aromatic heterocycles. The van der Waals surface area contributed by atoms with Crippen LogP contribution >= 0.6 is 0 Å². The van der Waals surface area contributed by atoms with Gasteiger partial charge in [0.2, 0.25) is 0 Å². The van der Waals surface area contributed by atoms with Gasteiger partial charge in [-0.2, -0.15) is 0 Å². The van der Waals surface area contributed by atoms with Crippen LogP contribution in [0.2, 0.25) is 36.3 Å². The zero-order valence-corrected chi connectivity index (χ0v) is 42.8. The number of carbonyl (C=O) groups excluding carboxylic acids is 3. The molecule has 13 nitrogen and oxygen atoms in total. The minimum atomic E-state index is -2.82. The number of aliphatic hydroxyl groups excluding tert-OH is 3. The molecule has 1 heterocycles. The van der Waals surface area contributed by atoms with Crippen LogP contribution in [0.25, 0.3) is 0 Å². The van der Waals surface area contributed by atoms with E-state index in [1.54, 1.807) is 70.2 Å². The van der Waals surface area contributed by atoms with Crippen molar-refractivity contribution in [2.45, 2.75) is 185 Å². The first-order chi connectivity index (χ1) is 30.2. The van der Waals surface area contributed by atoms with Gasteiger partial charge in [0.25, 0.3) is 5.91 Å². The van der Waals surface area contributed by atoms with Gasteiger partial charge in [0.15, 0.2) is 28.3 Å². The highest BCUT2D eigenvalue weighted by Crippen LogP contribution is 2.65. The normalized spacial score (nSPS) is 33.2. The maximum atomic E-state index is 15.2. The van der Waals surface area contributed by atoms with Crippen LogP contribution in [0.3, 0.4) is 0 Å². The van der Waals surface area contributed by atoms with Crippen LogP contribution in [0.4, 0.5) is 0 Å². The van der Waals surface area contributed by atoms with Crippen LogP contribution in [-0.2, 0) is 32.7 Å². The fourth-order valence-electron chi connectivity index (χ4n) is 11.3. The Morgan fingerprint density at radius 1 is 0.908 bits per heavy atom. The topological polar surface area (TPSA) is 190 Å². The van der Waals surface area contributed by atoms with Gasteiger partial charge in [0.1, 0.15) is 23.9 Å². The van der Waals surface area contributed by atoms with Crippen LogP contribution < -0.4 is 5.32 Å². The molecule has 3 aliphatic carbocycles. The van der Waals surface area contributed by atoms with E-state index in [1.165, 1.54) is 6.92 Å². The van der Waals surface area contributed by atoms with Crippen molar-refractivity contribution in [1.29, 1.82) is 0 Å². The van der Waals surface area contributed by atoms with Gasteiger partial charge in [0.05, 0.1) is 31.0 Å². The van der Waals surface area contributed by atoms with E-state index >= 15 is 4.79 Å². The van der Waals surface area contributed by atoms with Crippen molar-refractivity contribution >= 4 is 34.5 Å². The number of benzene rings is 2. The van der Waals surface area contributed by atoms with Gasteiger partial charge in [-0.15, -0.1) is 0 Å². The van der Waals surface area contributed by atoms with E-state index in [-0.39, 0.29) is 30.1 Å². The Bertz CT molecular complexity index is 2080. The Labute approximate surface area is 387 Å². The zero-order chi connectivity index (χ0) is 48.3. The number of rotatable bonds is 14. The standard InChI is InChI=1S/C50H75NO12Si2/c1-14-65(15-2,16-3)62-35-27-36-49(29-59-36,61-31(5)52)41-43(55)50(58)28-34(30(4)37(47(50,9)10)39(53)42(54)48(35,41)11)60-45(57)40(63-64(12,13)46(6,7)8)38(32-23-19-17-20-24-32)51-44(56)33-25-21-18-22-26-33/h17-26,34-36,38-43,53-55,58H,14-16,27-29H2,1-13H3,(H,51,56)/t34-,35?,36+,38-,39-,40?,41-,42-,43-,48+,49-,50+/m0/s1. The molecule has 2 unspecified atom stereocenters. The van der Waals surface area contributed by atoms with E-state index in [1.807, 2.05) is 52.1 Å². The van der Waals surface area contributed by atoms with E-state index in [4.69, 9.17) is 23.1 Å². The molecular weight excluding hydrogens is 863 g/mol. The van der Waals surface area contributed by atoms with Gasteiger partial charge in [-0.05, 0) is 72.0 Å². The first-order valence-electron chi connectivity index (χ1n) is 23.5. The fourth-order valence-corrected chi connectivity index (χ4v) is 15.5. The quantitative estimate of drug-likeness (QED) is 0.0732. The predicted molar refractivity (Wildman–Crippen MR) is 252 cm³/mol. The maximum Gasteiger partial charge on any atom is 0.337 e. The van der Waals surface area contributed by atoms with Gasteiger partial charge in [-0.1, -0.05) is 111 Å². The molecule has 1 aliphatic heterocycles. The summed E-state index contributed by atoms with van der Waals surface area (Å²) in [4.78, 5) is 42.2. The number of hydrogen-bond acceptors (Lipinski definition) is 12. The van der Waals surface area contributed by atoms with Crippen molar-refractivity contribution in [3.05, 3.63) is 82.9 Å². The number of ether oxygens (including phenoxy) is 3. The van der Waals surface area contributed by atoms with Crippen molar-refractivity contribution in [3.63, 3.8) is 0 Å². The van der Waals surface area contributed by atoms with Crippen LogP contribution in [0.1, 0.15) is 111 Å². The lowest BCUT2D eigenvalue weighted by atomic mass is 9.44. The summed E-state index contributed by atoms with van der Waals surface area (Å²) in [5.41, 5.74) is -5.00. The average Bonchev–Trinajstić information content (AvgIpc) is 3.25. The first kappa shape index (κ1) is 51.1. The molecule has 15 heteroatoms. The van der Waals surface area contributed by atoms with Crippen LogP contribution in [0.5, 0.6) is 0 Å². The molecule has 0 radical (unpaired) electrons. The molecule has 2 bridgehead atoms. The fraction of sp³-hybridized carbons (Fsp3) is 0.660. The van der Waals surface area contributed by atoms with Crippen molar-refractivity contribution in [2.24, 2.45) is 16.7 Å². The van der Waals surface area contributed by atoms with Crippen molar-refractivity contribution in [2.75, 3.05) is 6.61 Å². The molecule has 3 fully saturated rings. The van der Waals surface area contributed by atoms with Crippen LogP contribution in [0, 0.1) is 16.7 Å². The molecule has 0 spiro atoms. The molecule has 65 heavy (non-hydrogen) atoms. The van der Waals surface area contributed by atoms with E-state index < -0.39 is 111 Å². The van der Waals surface area contributed by atoms with Crippen molar-refractivity contribution in [1.82, 2.24) is 5.32 Å². The summed E-state index contributed by atoms with van der Waals surface area (Å²) in [6, 6.07) is 19.1. The molecule has 12 atom stereocenters. The van der Waals surface area contributed by atoms with Gasteiger partial charge < -0.3 is 48.8 Å². The lowest BCUT2D eigenvalue weighted by Gasteiger charge is -2.69. The number of amides is 1. The molecule has 360 valence electrons. The molecule has 4 aliphatic rings. The summed E-state index contributed by atoms with van der Waals surface area (Å²) in [6.07, 6.45) is -9.26. The molecule has 5 N–H and O–H groups in total. The highest BCUT2D eigenvalue weighted by Gasteiger charge is 2.77. The van der Waals surface area contributed by atoms with Gasteiger partial charge in [-0.3, -0.25) is 9.59 Å². The van der Waals surface area contributed by atoms with Gasteiger partial charge in [-0.25, -0.2) is 4.79 Å². The molecule has 2 saturated carbocycles. The Kier molecular flexibility index (Phi) is 14.4. The lowest BCUT2D eigenvalue weighted by Crippen LogP contribution is -2.82. The molecule has 2 aromatic rings. The SMILES string of the molecule is CC[Si](CC)(CC)OC1C[C@H]2OC[C@@]2(OC(C)=O)[C@H]2[C@H](O)[C@]3(O)C[C@H](OC(=O)C(O[Si](C)(C)C(C)(C)C)[C@@H](NC(=O)c4ccccc4)c4ccccc4)C(C)=C([C@H](O)[C@H](O)[C@]12C)C3(C)C. The molecule has 2 aromatic carbocycles. The number of esters is 2. The second-order valence-electron chi connectivity index (χ2n) is 21.4. The second kappa shape index (κ2) is 18.3. The summed E-state index contributed by atoms with van der Waals surface area (Å²) < 4.78 is 33.1. The number of nitrogens with one attached hydrogen (secondary N) is 1. The average molecular weight is 938 g/mol. The Hall–Kier alpha value is -3.26. The highest BCUT2D eigenvalue weighted by molar-refractivity contribution is 6.74. The van der Waals surface area contributed by atoms with Crippen molar-refractivity contribution in [3.8, 4) is 0 Å². The number of aliphatic hydroxyl groups is 4. The molecule has 1 amide bonds. The Morgan fingerprint density at radius 2 is 1.48 bits per heavy atom. The molecule has 1 saturated heterocycles. The third-order valence-corrected chi connectivity index (χ3v) is 25.8. The summed E-state index contributed by atoms with van der Waals surface area (Å²) >= 11 is 0. The summed E-state index contributed by atoms with van der Waals surface area (Å²) in [7, 11) is -5.27. The summed E-state index contributed by atoms with van der Waals surface area (Å²) in [6.45, 7) is 24.5. The minimum Gasteiger partial charge on any atom is -0.456 e. The smallest absolute Gasteiger partial charge is 0.337 e. The van der Waals surface area contributed by atoms with E-state index in [0.717, 1.165) is 18.1 Å². The zero-order valence-electron chi connectivity index (χ0n) is 40.8. The monoisotopic (exact) mass is 937 g/mol. The lowest BCUT2D eigenvalue weighted by molar-refractivity contribution is -0.364. The van der Waals surface area contributed by atoms with Gasteiger partial charge >= 0.3 is 11.9 Å². The molecular formula is C50H75NO12Si2. The van der Waals surface area contributed by atoms with E-state index in [9.17, 15) is 30.0 Å². The molecule has 6 rings (SSSR count). The highest BCUT2D eigenvalue weighted by atomic mass is 28.4. The first-order valence-corrected chi connectivity index (χ1v) is 28.9. The maximum absolute atomic E-state index is 15.2. The summed E-state index contributed by atoms with van der Waals surface area (Å²) in [5, 5.41) is 55.1. The third kappa shape index (κ3) is 8.64. The Morgan fingerprint density at radius 3 is 1.98 bits per heavy atom. The number of hydrogen-bond donors (Lipinski definition) is 5. The van der Waals surface area contributed by atoms with Gasteiger partial charge in [0, 0.05) is 42.1 Å². The largest absolute Gasteiger partial charge is 0.456 e. The van der Waals surface area contributed by atoms with E-state index in [0.29, 0.717) is 16.7 Å². The Balaban J connectivity index is 1.50. The second-order valence-corrected chi connectivity index (χ2v) is 30.9. The van der Waals surface area contributed by atoms with Crippen molar-refractivity contribution < 1.29 is 57.9 Å². The van der Waals surface area contributed by atoms with Crippen LogP contribution in [0.15, 0.2) is 71.8 Å². The third-order valence-electron chi connectivity index (χ3n) is 16.7. The van der Waals surface area contributed by atoms with Crippen LogP contribution in [-0.4, -0.2) is 115 Å². The minimum absolute atomic E-state index is 0.110. The predicted octanol–water partition coefficient (Wildman–Crippen LogP) is 7.15. The number of carbonyl (C=O) groups is 3. The number of fused-ring (bicyclic) bond motifs is 5. The summed E-state index contributed by atoms with van der Waals surface area (Å²) in [5.74, 6) is -3.10.